The molecule has 0 radical (unpaired) electrons. The summed E-state index contributed by atoms with van der Waals surface area (Å²) in [6.07, 6.45) is 3.19. The van der Waals surface area contributed by atoms with E-state index < -0.39 is 0 Å². The summed E-state index contributed by atoms with van der Waals surface area (Å²) in [5.74, 6) is -0.199. The lowest BCUT2D eigenvalue weighted by atomic mass is 10.1. The van der Waals surface area contributed by atoms with Gasteiger partial charge in [-0.25, -0.2) is 0 Å². The Labute approximate surface area is 171 Å². The molecule has 1 aromatic heterocycles. The molecule has 2 N–H and O–H groups in total. The van der Waals surface area contributed by atoms with Gasteiger partial charge in [0.1, 0.15) is 0 Å². The number of hydrogen-bond acceptors (Lipinski definition) is 3. The van der Waals surface area contributed by atoms with Crippen LogP contribution in [0.15, 0.2) is 65.5 Å². The first-order valence-corrected chi connectivity index (χ1v) is 10.3. The van der Waals surface area contributed by atoms with Crippen molar-refractivity contribution in [1.29, 1.82) is 0 Å². The lowest BCUT2D eigenvalue weighted by Gasteiger charge is -2.22. The highest BCUT2D eigenvalue weighted by atomic mass is 16.2. The van der Waals surface area contributed by atoms with E-state index in [0.29, 0.717) is 17.6 Å². The van der Waals surface area contributed by atoms with Crippen LogP contribution in [0.4, 0.5) is 0 Å². The number of nitrogens with one attached hydrogen (secondary N) is 2. The first-order chi connectivity index (χ1) is 14.2. The van der Waals surface area contributed by atoms with Crippen LogP contribution in [-0.4, -0.2) is 35.4 Å². The molecule has 5 heteroatoms. The second kappa shape index (κ2) is 10.6. The number of unbranched alkanes of at least 4 members (excludes halogenated alkanes) is 1. The normalized spacial score (nSPS) is 11.1. The van der Waals surface area contributed by atoms with Crippen molar-refractivity contribution in [1.82, 2.24) is 15.2 Å². The highest BCUT2D eigenvalue weighted by Crippen LogP contribution is 2.14. The van der Waals surface area contributed by atoms with Gasteiger partial charge in [0.25, 0.3) is 5.91 Å². The summed E-state index contributed by atoms with van der Waals surface area (Å²) in [5.41, 5.74) is 2.15. The number of para-hydroxylation sites is 1. The molecular formula is C24H29N3O2. The van der Waals surface area contributed by atoms with E-state index in [1.165, 1.54) is 11.6 Å². The monoisotopic (exact) mass is 391 g/mol. The predicted molar refractivity (Wildman–Crippen MR) is 118 cm³/mol. The van der Waals surface area contributed by atoms with Crippen LogP contribution in [0.25, 0.3) is 10.9 Å². The molecule has 1 amide bonds. The zero-order valence-electron chi connectivity index (χ0n) is 17.0. The van der Waals surface area contributed by atoms with Gasteiger partial charge in [0.15, 0.2) is 0 Å². The summed E-state index contributed by atoms with van der Waals surface area (Å²) in [6.45, 7) is 5.68. The van der Waals surface area contributed by atoms with Crippen LogP contribution < -0.4 is 10.9 Å². The zero-order valence-corrected chi connectivity index (χ0v) is 17.0. The number of amides is 1. The van der Waals surface area contributed by atoms with E-state index >= 15 is 0 Å². The highest BCUT2D eigenvalue weighted by molar-refractivity contribution is 6.05. The molecule has 0 bridgehead atoms. The topological polar surface area (TPSA) is 65.2 Å². The fraction of sp³-hybridized carbons (Fsp3) is 0.333. The largest absolute Gasteiger partial charge is 0.352 e. The van der Waals surface area contributed by atoms with Crippen molar-refractivity contribution >= 4 is 16.8 Å². The van der Waals surface area contributed by atoms with Gasteiger partial charge in [0.05, 0.1) is 5.56 Å². The number of nitrogens with zero attached hydrogens (tertiary/aromatic N) is 1. The number of hydrogen-bond donors (Lipinski definition) is 2. The molecule has 0 fully saturated rings. The third-order valence-electron chi connectivity index (χ3n) is 5.01. The summed E-state index contributed by atoms with van der Waals surface area (Å²) < 4.78 is 0. The molecule has 3 rings (SSSR count). The first-order valence-electron chi connectivity index (χ1n) is 10.3. The van der Waals surface area contributed by atoms with Crippen LogP contribution in [0.1, 0.15) is 42.1 Å². The van der Waals surface area contributed by atoms with E-state index in [1.54, 1.807) is 0 Å². The molecule has 0 aliphatic heterocycles. The molecule has 0 aliphatic rings. The Morgan fingerprint density at radius 2 is 1.72 bits per heavy atom. The third kappa shape index (κ3) is 6.03. The van der Waals surface area contributed by atoms with E-state index in [1.807, 2.05) is 30.3 Å². The van der Waals surface area contributed by atoms with E-state index in [2.05, 4.69) is 46.4 Å². The van der Waals surface area contributed by atoms with E-state index in [0.717, 1.165) is 44.3 Å². The van der Waals surface area contributed by atoms with Crippen molar-refractivity contribution in [2.45, 2.75) is 32.7 Å². The van der Waals surface area contributed by atoms with Gasteiger partial charge in [-0.3, -0.25) is 14.5 Å². The van der Waals surface area contributed by atoms with Crippen LogP contribution in [0, 0.1) is 0 Å². The maximum absolute atomic E-state index is 12.6. The Balaban J connectivity index is 1.55. The zero-order chi connectivity index (χ0) is 20.5. The van der Waals surface area contributed by atoms with Gasteiger partial charge < -0.3 is 10.3 Å². The van der Waals surface area contributed by atoms with E-state index in [-0.39, 0.29) is 11.5 Å². The number of benzene rings is 2. The number of rotatable bonds is 10. The quantitative estimate of drug-likeness (QED) is 0.514. The summed E-state index contributed by atoms with van der Waals surface area (Å²) >= 11 is 0. The van der Waals surface area contributed by atoms with Crippen molar-refractivity contribution in [3.63, 3.8) is 0 Å². The first kappa shape index (κ1) is 20.8. The molecule has 0 spiro atoms. The van der Waals surface area contributed by atoms with Crippen molar-refractivity contribution < 1.29 is 4.79 Å². The average molecular weight is 392 g/mol. The molecule has 0 saturated carbocycles. The number of H-pyrrole nitrogens is 1. The van der Waals surface area contributed by atoms with Crippen molar-refractivity contribution in [2.75, 3.05) is 19.6 Å². The molecule has 3 aromatic rings. The molecule has 5 nitrogen and oxygen atoms in total. The molecule has 0 saturated heterocycles. The summed E-state index contributed by atoms with van der Waals surface area (Å²) in [5, 5.41) is 3.74. The Kier molecular flexibility index (Phi) is 7.59. The third-order valence-corrected chi connectivity index (χ3v) is 5.01. The van der Waals surface area contributed by atoms with Gasteiger partial charge in [-0.05, 0) is 31.0 Å². The standard InChI is InChI=1S/C24H29N3O2/c1-2-3-15-27(18-19-10-5-4-6-11-19)16-9-14-25-24(29)21-17-23(28)26-22-13-8-7-12-20(21)22/h4-8,10-13,17H,2-3,9,14-16,18H2,1H3,(H,25,29)(H,26,28). The van der Waals surface area contributed by atoms with Crippen molar-refractivity contribution in [2.24, 2.45) is 0 Å². The van der Waals surface area contributed by atoms with Gasteiger partial charge in [0.2, 0.25) is 5.56 Å². The summed E-state index contributed by atoms with van der Waals surface area (Å²) in [7, 11) is 0. The number of pyridine rings is 1. The van der Waals surface area contributed by atoms with Crippen LogP contribution in [0.2, 0.25) is 0 Å². The summed E-state index contributed by atoms with van der Waals surface area (Å²) in [6, 6.07) is 19.2. The van der Waals surface area contributed by atoms with Crippen LogP contribution in [0.3, 0.4) is 0 Å². The fourth-order valence-corrected chi connectivity index (χ4v) is 3.49. The minimum atomic E-state index is -0.262. The number of fused-ring (bicyclic) bond motifs is 1. The molecule has 29 heavy (non-hydrogen) atoms. The molecule has 1 heterocycles. The van der Waals surface area contributed by atoms with Gasteiger partial charge in [0, 0.05) is 36.6 Å². The van der Waals surface area contributed by atoms with Gasteiger partial charge in [-0.1, -0.05) is 61.9 Å². The van der Waals surface area contributed by atoms with Crippen LogP contribution in [-0.2, 0) is 6.54 Å². The van der Waals surface area contributed by atoms with Crippen molar-refractivity contribution in [3.8, 4) is 0 Å². The van der Waals surface area contributed by atoms with Gasteiger partial charge in [-0.15, -0.1) is 0 Å². The minimum Gasteiger partial charge on any atom is -0.352 e. The van der Waals surface area contributed by atoms with Gasteiger partial charge in [-0.2, -0.15) is 0 Å². The maximum atomic E-state index is 12.6. The van der Waals surface area contributed by atoms with Crippen LogP contribution >= 0.6 is 0 Å². The van der Waals surface area contributed by atoms with Gasteiger partial charge >= 0.3 is 0 Å². The molecule has 0 aliphatic carbocycles. The SMILES string of the molecule is CCCCN(CCCNC(=O)c1cc(=O)[nH]c2ccccc12)Cc1ccccc1. The number of carbonyl (C=O) groups excluding carboxylic acids is 1. The predicted octanol–water partition coefficient (Wildman–Crippen LogP) is 3.95. The molecule has 0 atom stereocenters. The number of carbonyl (C=O) groups is 1. The molecule has 0 unspecified atom stereocenters. The fourth-order valence-electron chi connectivity index (χ4n) is 3.49. The maximum Gasteiger partial charge on any atom is 0.252 e. The van der Waals surface area contributed by atoms with E-state index in [9.17, 15) is 9.59 Å². The average Bonchev–Trinajstić information content (AvgIpc) is 2.74. The Morgan fingerprint density at radius 1 is 1.00 bits per heavy atom. The summed E-state index contributed by atoms with van der Waals surface area (Å²) in [4.78, 5) is 29.7. The second-order valence-electron chi connectivity index (χ2n) is 7.32. The minimum absolute atomic E-state index is 0.199. The molecule has 2 aromatic carbocycles. The second-order valence-corrected chi connectivity index (χ2v) is 7.32. The smallest absolute Gasteiger partial charge is 0.252 e. The van der Waals surface area contributed by atoms with E-state index in [4.69, 9.17) is 0 Å². The highest BCUT2D eigenvalue weighted by Gasteiger charge is 2.11. The van der Waals surface area contributed by atoms with Crippen LogP contribution in [0.5, 0.6) is 0 Å². The lowest BCUT2D eigenvalue weighted by molar-refractivity contribution is 0.0953. The number of aromatic amines is 1. The number of aromatic nitrogens is 1. The van der Waals surface area contributed by atoms with Crippen molar-refractivity contribution in [3.05, 3.63) is 82.1 Å². The molecule has 152 valence electrons. The molecular weight excluding hydrogens is 362 g/mol. The lowest BCUT2D eigenvalue weighted by Crippen LogP contribution is -2.31. The Morgan fingerprint density at radius 3 is 2.52 bits per heavy atom. The Bertz CT molecular complexity index is 982. The Hall–Kier alpha value is -2.92.